The lowest BCUT2D eigenvalue weighted by atomic mass is 10.2. The lowest BCUT2D eigenvalue weighted by Gasteiger charge is -2.27. The maximum absolute atomic E-state index is 12.1. The van der Waals surface area contributed by atoms with Crippen molar-refractivity contribution < 1.29 is 17.9 Å². The minimum absolute atomic E-state index is 0.257. The third-order valence-electron chi connectivity index (χ3n) is 2.23. The van der Waals surface area contributed by atoms with E-state index in [9.17, 15) is 13.2 Å². The van der Waals surface area contributed by atoms with Crippen LogP contribution in [-0.4, -0.2) is 37.0 Å². The normalized spacial score (nSPS) is 14.0. The van der Waals surface area contributed by atoms with Crippen molar-refractivity contribution in [2.45, 2.75) is 52.7 Å². The topological polar surface area (TPSA) is 75.7 Å². The number of hydrogen-bond donors (Lipinski definition) is 1. The van der Waals surface area contributed by atoms with E-state index < -0.39 is 21.9 Å². The van der Waals surface area contributed by atoms with Crippen molar-refractivity contribution in [3.05, 3.63) is 12.7 Å². The van der Waals surface area contributed by atoms with Crippen LogP contribution >= 0.6 is 0 Å². The number of nitrogens with one attached hydrogen (secondary N) is 1. The molecule has 7 heteroatoms. The van der Waals surface area contributed by atoms with Crippen LogP contribution in [0.15, 0.2) is 12.7 Å². The maximum Gasteiger partial charge on any atom is 0.422 e. The van der Waals surface area contributed by atoms with Gasteiger partial charge in [-0.05, 0) is 34.1 Å². The molecule has 0 aromatic carbocycles. The zero-order valence-electron chi connectivity index (χ0n) is 12.3. The molecule has 1 N–H and O–H groups in total. The Morgan fingerprint density at radius 3 is 2.37 bits per heavy atom. The summed E-state index contributed by atoms with van der Waals surface area (Å²) in [6.07, 6.45) is 1.16. The molecule has 1 amide bonds. The summed E-state index contributed by atoms with van der Waals surface area (Å²) in [6.45, 7) is 12.3. The summed E-state index contributed by atoms with van der Waals surface area (Å²) in [5.41, 5.74) is -0.747. The van der Waals surface area contributed by atoms with Crippen LogP contribution in [0.2, 0.25) is 0 Å². The first-order valence-electron chi connectivity index (χ1n) is 6.17. The highest BCUT2D eigenvalue weighted by Crippen LogP contribution is 2.11. The van der Waals surface area contributed by atoms with Gasteiger partial charge in [0.05, 0.1) is 0 Å². The molecule has 6 nitrogen and oxygen atoms in total. The molecular formula is C12H24N2O4S. The van der Waals surface area contributed by atoms with Crippen molar-refractivity contribution in [3.8, 4) is 0 Å². The van der Waals surface area contributed by atoms with E-state index in [0.29, 0.717) is 6.42 Å². The molecule has 0 saturated heterocycles. The van der Waals surface area contributed by atoms with Crippen molar-refractivity contribution in [1.29, 1.82) is 0 Å². The Hall–Kier alpha value is -1.08. The number of hydrogen-bond acceptors (Lipinski definition) is 4. The molecule has 0 aliphatic rings. The summed E-state index contributed by atoms with van der Waals surface area (Å²) in [6, 6.07) is -0.276. The Balaban J connectivity index is 4.85. The van der Waals surface area contributed by atoms with Crippen molar-refractivity contribution in [3.63, 3.8) is 0 Å². The molecule has 0 aliphatic carbocycles. The number of ether oxygens (including phenoxy) is 1. The number of rotatable bonds is 6. The molecule has 0 aromatic heterocycles. The summed E-state index contributed by atoms with van der Waals surface area (Å²) < 4.78 is 32.1. The van der Waals surface area contributed by atoms with Crippen LogP contribution in [0.4, 0.5) is 4.79 Å². The predicted molar refractivity (Wildman–Crippen MR) is 74.9 cm³/mol. The first-order chi connectivity index (χ1) is 8.53. The Morgan fingerprint density at radius 1 is 1.47 bits per heavy atom. The van der Waals surface area contributed by atoms with E-state index in [4.69, 9.17) is 4.74 Å². The molecule has 0 unspecified atom stereocenters. The lowest BCUT2D eigenvalue weighted by Crippen LogP contribution is -2.48. The Labute approximate surface area is 116 Å². The molecular weight excluding hydrogens is 268 g/mol. The van der Waals surface area contributed by atoms with E-state index in [2.05, 4.69) is 6.58 Å². The van der Waals surface area contributed by atoms with Crippen LogP contribution in [0.5, 0.6) is 0 Å². The standard InChI is InChI=1S/C12H24N2O4S/c1-7-9-10(3)14(8-2)19(16,17)13-11(15)18-12(4,5)6/h7,10H,1,8-9H2,2-6H3,(H,13,15)/t10-/m0/s1. The van der Waals surface area contributed by atoms with Gasteiger partial charge in [0, 0.05) is 12.6 Å². The molecule has 0 heterocycles. The van der Waals surface area contributed by atoms with E-state index >= 15 is 0 Å². The van der Waals surface area contributed by atoms with Gasteiger partial charge in [0.2, 0.25) is 0 Å². The Bertz CT molecular complexity index is 412. The quantitative estimate of drug-likeness (QED) is 0.760. The lowest BCUT2D eigenvalue weighted by molar-refractivity contribution is 0.0566. The minimum atomic E-state index is -3.90. The van der Waals surface area contributed by atoms with E-state index in [1.807, 2.05) is 4.72 Å². The summed E-state index contributed by atoms with van der Waals surface area (Å²) in [5, 5.41) is 0. The van der Waals surface area contributed by atoms with Crippen LogP contribution in [0.25, 0.3) is 0 Å². The predicted octanol–water partition coefficient (Wildman–Crippen LogP) is 2.04. The Morgan fingerprint density at radius 2 is 2.00 bits per heavy atom. The molecule has 0 spiro atoms. The zero-order chi connectivity index (χ0) is 15.3. The average Bonchev–Trinajstić information content (AvgIpc) is 2.13. The molecule has 0 radical (unpaired) electrons. The highest BCUT2D eigenvalue weighted by atomic mass is 32.2. The van der Waals surface area contributed by atoms with E-state index in [-0.39, 0.29) is 12.6 Å². The van der Waals surface area contributed by atoms with Gasteiger partial charge in [-0.3, -0.25) is 0 Å². The summed E-state index contributed by atoms with van der Waals surface area (Å²) in [4.78, 5) is 11.5. The second-order valence-corrected chi connectivity index (χ2v) is 6.81. The van der Waals surface area contributed by atoms with Gasteiger partial charge in [-0.25, -0.2) is 9.52 Å². The largest absolute Gasteiger partial charge is 0.443 e. The number of nitrogens with zero attached hydrogens (tertiary/aromatic N) is 1. The van der Waals surface area contributed by atoms with Gasteiger partial charge in [0.25, 0.3) is 0 Å². The van der Waals surface area contributed by atoms with Crippen LogP contribution in [-0.2, 0) is 14.9 Å². The van der Waals surface area contributed by atoms with Crippen LogP contribution in [0, 0.1) is 0 Å². The van der Waals surface area contributed by atoms with Gasteiger partial charge in [-0.1, -0.05) is 13.0 Å². The molecule has 0 fully saturated rings. The van der Waals surface area contributed by atoms with Crippen molar-refractivity contribution >= 4 is 16.3 Å². The van der Waals surface area contributed by atoms with Gasteiger partial charge < -0.3 is 4.74 Å². The summed E-state index contributed by atoms with van der Waals surface area (Å²) in [5.74, 6) is 0. The second kappa shape index (κ2) is 6.91. The number of amides is 1. The minimum Gasteiger partial charge on any atom is -0.443 e. The average molecular weight is 292 g/mol. The first-order valence-corrected chi connectivity index (χ1v) is 7.61. The van der Waals surface area contributed by atoms with Gasteiger partial charge in [0.15, 0.2) is 0 Å². The van der Waals surface area contributed by atoms with E-state index in [1.54, 1.807) is 40.7 Å². The molecule has 112 valence electrons. The fraction of sp³-hybridized carbons (Fsp3) is 0.750. The van der Waals surface area contributed by atoms with Crippen molar-refractivity contribution in [2.75, 3.05) is 6.54 Å². The molecule has 0 saturated carbocycles. The Kier molecular flexibility index (Phi) is 6.51. The number of carbonyl (C=O) groups is 1. The van der Waals surface area contributed by atoms with Gasteiger partial charge in [-0.2, -0.15) is 12.7 Å². The SMILES string of the molecule is C=CC[C@H](C)N(CC)S(=O)(=O)NC(=O)OC(C)(C)C. The van der Waals surface area contributed by atoms with Crippen LogP contribution < -0.4 is 4.72 Å². The van der Waals surface area contributed by atoms with Crippen LogP contribution in [0.3, 0.4) is 0 Å². The third kappa shape index (κ3) is 6.58. The zero-order valence-corrected chi connectivity index (χ0v) is 13.1. The molecule has 0 aliphatic heterocycles. The van der Waals surface area contributed by atoms with E-state index in [1.165, 1.54) is 4.31 Å². The van der Waals surface area contributed by atoms with Gasteiger partial charge in [0.1, 0.15) is 5.60 Å². The fourth-order valence-corrected chi connectivity index (χ4v) is 2.81. The molecule has 1 atom stereocenters. The monoisotopic (exact) mass is 292 g/mol. The van der Waals surface area contributed by atoms with Crippen molar-refractivity contribution in [1.82, 2.24) is 9.03 Å². The highest BCUT2D eigenvalue weighted by Gasteiger charge is 2.28. The second-order valence-electron chi connectivity index (χ2n) is 5.19. The molecule has 0 aromatic rings. The fourth-order valence-electron chi connectivity index (χ4n) is 1.54. The first kappa shape index (κ1) is 17.9. The van der Waals surface area contributed by atoms with Crippen molar-refractivity contribution in [2.24, 2.45) is 0 Å². The molecule has 0 bridgehead atoms. The van der Waals surface area contributed by atoms with E-state index in [0.717, 1.165) is 0 Å². The smallest absolute Gasteiger partial charge is 0.422 e. The van der Waals surface area contributed by atoms with Crippen LogP contribution in [0.1, 0.15) is 41.0 Å². The van der Waals surface area contributed by atoms with Gasteiger partial charge in [-0.15, -0.1) is 6.58 Å². The molecule has 19 heavy (non-hydrogen) atoms. The highest BCUT2D eigenvalue weighted by molar-refractivity contribution is 7.87. The summed E-state index contributed by atoms with van der Waals surface area (Å²) in [7, 11) is -3.90. The third-order valence-corrected chi connectivity index (χ3v) is 3.89. The maximum atomic E-state index is 12.1. The van der Waals surface area contributed by atoms with Gasteiger partial charge >= 0.3 is 16.3 Å². The molecule has 0 rings (SSSR count). The number of carbonyl (C=O) groups excluding carboxylic acids is 1. The summed E-state index contributed by atoms with van der Waals surface area (Å²) >= 11 is 0.